The second-order valence-electron chi connectivity index (χ2n) is 3.13. The largest absolute Gasteiger partial charge is 0.332 e. The van der Waals surface area contributed by atoms with E-state index >= 15 is 0 Å². The number of halogens is 2. The molecule has 0 saturated carbocycles. The summed E-state index contributed by atoms with van der Waals surface area (Å²) in [5.74, 6) is 0. The lowest BCUT2D eigenvalue weighted by atomic mass is 10.1. The van der Waals surface area contributed by atoms with Crippen molar-refractivity contribution < 1.29 is 0 Å². The number of nitrogens with one attached hydrogen (secondary N) is 2. The topological polar surface area (TPSA) is 48.6 Å². The first-order valence-corrected chi connectivity index (χ1v) is 5.52. The van der Waals surface area contributed by atoms with Gasteiger partial charge < -0.3 is 4.98 Å². The molecule has 0 saturated heterocycles. The lowest BCUT2D eigenvalue weighted by molar-refractivity contribution is 1.09. The zero-order valence-electron chi connectivity index (χ0n) is 7.88. The van der Waals surface area contributed by atoms with Crippen molar-refractivity contribution in [1.29, 1.82) is 0 Å². The van der Waals surface area contributed by atoms with Crippen LogP contribution in [0.4, 0.5) is 0 Å². The molecule has 2 rings (SSSR count). The van der Waals surface area contributed by atoms with Crippen LogP contribution in [0, 0.1) is 4.77 Å². The fraction of sp³-hybridized carbons (Fsp3) is 0. The number of benzene rings is 1. The maximum atomic E-state index is 11.3. The van der Waals surface area contributed by atoms with Crippen LogP contribution >= 0.6 is 35.4 Å². The number of hydrogen-bond acceptors (Lipinski definition) is 2. The standard InChI is InChI=1S/C10H6Cl2N2OS/c11-5-1-2-7(12)6(3-5)8-4-9(15)14-10(16)13-8/h1-4H,(H2,13,14,15,16). The maximum Gasteiger partial charge on any atom is 0.252 e. The van der Waals surface area contributed by atoms with Gasteiger partial charge in [-0.25, -0.2) is 0 Å². The third-order valence-corrected chi connectivity index (χ3v) is 2.75. The average molecular weight is 273 g/mol. The molecule has 0 aliphatic carbocycles. The van der Waals surface area contributed by atoms with Crippen LogP contribution in [0.25, 0.3) is 11.3 Å². The van der Waals surface area contributed by atoms with Crippen LogP contribution in [0.15, 0.2) is 29.1 Å². The Balaban J connectivity index is 2.71. The van der Waals surface area contributed by atoms with Crippen molar-refractivity contribution in [3.63, 3.8) is 0 Å². The Morgan fingerprint density at radius 1 is 1.12 bits per heavy atom. The van der Waals surface area contributed by atoms with Crippen LogP contribution in [0.1, 0.15) is 0 Å². The molecular formula is C10H6Cl2N2OS. The Hall–Kier alpha value is -1.10. The van der Waals surface area contributed by atoms with E-state index in [9.17, 15) is 4.79 Å². The number of aromatic nitrogens is 2. The fourth-order valence-electron chi connectivity index (χ4n) is 1.32. The van der Waals surface area contributed by atoms with Gasteiger partial charge in [0.1, 0.15) is 0 Å². The van der Waals surface area contributed by atoms with Gasteiger partial charge >= 0.3 is 0 Å². The highest BCUT2D eigenvalue weighted by Crippen LogP contribution is 2.28. The molecule has 0 bridgehead atoms. The maximum absolute atomic E-state index is 11.3. The first kappa shape index (κ1) is 11.4. The van der Waals surface area contributed by atoms with E-state index in [1.807, 2.05) is 0 Å². The molecule has 0 atom stereocenters. The molecule has 3 nitrogen and oxygen atoms in total. The van der Waals surface area contributed by atoms with Crippen molar-refractivity contribution >= 4 is 35.4 Å². The fourth-order valence-corrected chi connectivity index (χ4v) is 1.92. The van der Waals surface area contributed by atoms with E-state index in [1.165, 1.54) is 6.07 Å². The lowest BCUT2D eigenvalue weighted by Crippen LogP contribution is -2.06. The Morgan fingerprint density at radius 3 is 2.56 bits per heavy atom. The van der Waals surface area contributed by atoms with Gasteiger partial charge in [0, 0.05) is 21.7 Å². The molecule has 2 aromatic rings. The highest BCUT2D eigenvalue weighted by atomic mass is 35.5. The highest BCUT2D eigenvalue weighted by molar-refractivity contribution is 7.71. The summed E-state index contributed by atoms with van der Waals surface area (Å²) in [4.78, 5) is 16.6. The minimum absolute atomic E-state index is 0.249. The Bertz CT molecular complexity index is 620. The molecule has 0 spiro atoms. The second-order valence-corrected chi connectivity index (χ2v) is 4.38. The summed E-state index contributed by atoms with van der Waals surface area (Å²) in [5, 5.41) is 1.04. The minimum atomic E-state index is -0.283. The molecule has 16 heavy (non-hydrogen) atoms. The predicted octanol–water partition coefficient (Wildman–Crippen LogP) is 3.41. The van der Waals surface area contributed by atoms with Gasteiger partial charge in [0.05, 0.1) is 5.69 Å². The SMILES string of the molecule is O=c1cc(-c2cc(Cl)ccc2Cl)[nH]c(=S)[nH]1. The van der Waals surface area contributed by atoms with Crippen LogP contribution in [0.5, 0.6) is 0 Å². The van der Waals surface area contributed by atoms with Crippen LogP contribution in [-0.4, -0.2) is 9.97 Å². The zero-order valence-corrected chi connectivity index (χ0v) is 10.2. The van der Waals surface area contributed by atoms with Crippen molar-refractivity contribution in [2.45, 2.75) is 0 Å². The molecule has 0 unspecified atom stereocenters. The first-order valence-electron chi connectivity index (χ1n) is 4.35. The van der Waals surface area contributed by atoms with Crippen LogP contribution in [0.3, 0.4) is 0 Å². The van der Waals surface area contributed by atoms with Crippen molar-refractivity contribution in [3.05, 3.63) is 49.4 Å². The monoisotopic (exact) mass is 272 g/mol. The molecule has 1 aromatic carbocycles. The molecule has 0 aliphatic heterocycles. The van der Waals surface area contributed by atoms with Gasteiger partial charge in [-0.15, -0.1) is 0 Å². The second kappa shape index (κ2) is 4.41. The molecule has 6 heteroatoms. The Morgan fingerprint density at radius 2 is 1.88 bits per heavy atom. The van der Waals surface area contributed by atoms with E-state index in [1.54, 1.807) is 18.2 Å². The molecule has 0 fully saturated rings. The van der Waals surface area contributed by atoms with Gasteiger partial charge in [-0.2, -0.15) is 0 Å². The lowest BCUT2D eigenvalue weighted by Gasteiger charge is -2.04. The van der Waals surface area contributed by atoms with E-state index in [0.717, 1.165) is 0 Å². The zero-order chi connectivity index (χ0) is 11.7. The van der Waals surface area contributed by atoms with Crippen molar-refractivity contribution in [2.75, 3.05) is 0 Å². The van der Waals surface area contributed by atoms with E-state index in [0.29, 0.717) is 21.3 Å². The van der Waals surface area contributed by atoms with E-state index < -0.39 is 0 Å². The van der Waals surface area contributed by atoms with E-state index in [4.69, 9.17) is 35.4 Å². The predicted molar refractivity (Wildman–Crippen MR) is 67.7 cm³/mol. The average Bonchev–Trinajstić information content (AvgIpc) is 2.20. The van der Waals surface area contributed by atoms with Crippen molar-refractivity contribution in [1.82, 2.24) is 9.97 Å². The summed E-state index contributed by atoms with van der Waals surface area (Å²) >= 11 is 16.7. The summed E-state index contributed by atoms with van der Waals surface area (Å²) in [5.41, 5.74) is 0.905. The minimum Gasteiger partial charge on any atom is -0.332 e. The van der Waals surface area contributed by atoms with E-state index in [2.05, 4.69) is 9.97 Å². The Kier molecular flexibility index (Phi) is 3.14. The number of aromatic amines is 2. The smallest absolute Gasteiger partial charge is 0.252 e. The van der Waals surface area contributed by atoms with Crippen LogP contribution in [0.2, 0.25) is 10.0 Å². The van der Waals surface area contributed by atoms with Crippen LogP contribution < -0.4 is 5.56 Å². The number of hydrogen-bond donors (Lipinski definition) is 2. The molecule has 2 N–H and O–H groups in total. The van der Waals surface area contributed by atoms with Gasteiger partial charge in [0.25, 0.3) is 5.56 Å². The third-order valence-electron chi connectivity index (χ3n) is 1.98. The summed E-state index contributed by atoms with van der Waals surface area (Å²) < 4.78 is 0.249. The van der Waals surface area contributed by atoms with Crippen LogP contribution in [-0.2, 0) is 0 Å². The Labute approximate surface area is 106 Å². The van der Waals surface area contributed by atoms with E-state index in [-0.39, 0.29) is 10.3 Å². The van der Waals surface area contributed by atoms with Gasteiger partial charge in [0.15, 0.2) is 4.77 Å². The summed E-state index contributed by atoms with van der Waals surface area (Å²) in [6.45, 7) is 0. The van der Waals surface area contributed by atoms with Gasteiger partial charge in [-0.3, -0.25) is 9.78 Å². The van der Waals surface area contributed by atoms with Gasteiger partial charge in [-0.1, -0.05) is 23.2 Å². The summed E-state index contributed by atoms with van der Waals surface area (Å²) in [6, 6.07) is 6.39. The molecule has 0 aliphatic rings. The normalized spacial score (nSPS) is 10.4. The number of H-pyrrole nitrogens is 2. The first-order chi connectivity index (χ1) is 7.56. The van der Waals surface area contributed by atoms with Gasteiger partial charge in [-0.05, 0) is 30.4 Å². The molecule has 0 amide bonds. The quantitative estimate of drug-likeness (QED) is 0.782. The molecular weight excluding hydrogens is 267 g/mol. The number of rotatable bonds is 1. The highest BCUT2D eigenvalue weighted by Gasteiger charge is 2.05. The summed E-state index contributed by atoms with van der Waals surface area (Å²) in [6.07, 6.45) is 0. The molecule has 82 valence electrons. The molecule has 1 aromatic heterocycles. The van der Waals surface area contributed by atoms with Crippen molar-refractivity contribution in [3.8, 4) is 11.3 Å². The van der Waals surface area contributed by atoms with Gasteiger partial charge in [0.2, 0.25) is 0 Å². The van der Waals surface area contributed by atoms with Crippen molar-refractivity contribution in [2.24, 2.45) is 0 Å². The third kappa shape index (κ3) is 2.35. The summed E-state index contributed by atoms with van der Waals surface area (Å²) in [7, 11) is 0. The molecule has 1 heterocycles. The molecule has 0 radical (unpaired) electrons.